The number of rotatable bonds is 2. The molecule has 0 bridgehead atoms. The van der Waals surface area contributed by atoms with Gasteiger partial charge < -0.3 is 4.90 Å². The van der Waals surface area contributed by atoms with Gasteiger partial charge >= 0.3 is 0 Å². The molecule has 1 aliphatic rings. The van der Waals surface area contributed by atoms with Gasteiger partial charge in [0.15, 0.2) is 0 Å². The lowest BCUT2D eigenvalue weighted by Crippen LogP contribution is -2.33. The quantitative estimate of drug-likeness (QED) is 0.781. The Morgan fingerprint density at radius 1 is 1.31 bits per heavy atom. The predicted octanol–water partition coefficient (Wildman–Crippen LogP) is 2.97. The van der Waals surface area contributed by atoms with Crippen molar-refractivity contribution in [3.05, 3.63) is 29.3 Å². The molecule has 0 aliphatic carbocycles. The van der Waals surface area contributed by atoms with Crippen LogP contribution in [0.2, 0.25) is 0 Å². The highest BCUT2D eigenvalue weighted by molar-refractivity contribution is 7.80. The lowest BCUT2D eigenvalue weighted by atomic mass is 10.1. The number of fused-ring (bicyclic) bond motifs is 1. The summed E-state index contributed by atoms with van der Waals surface area (Å²) >= 11 is 4.42. The van der Waals surface area contributed by atoms with E-state index in [0.29, 0.717) is 6.42 Å². The van der Waals surface area contributed by atoms with Gasteiger partial charge in [0.25, 0.3) is 0 Å². The Hall–Kier alpha value is -0.960. The zero-order valence-corrected chi connectivity index (χ0v) is 10.8. The molecule has 0 fully saturated rings. The number of carbonyl (C=O) groups is 1. The first kappa shape index (κ1) is 11.5. The first-order valence-corrected chi connectivity index (χ1v) is 6.15. The molecule has 16 heavy (non-hydrogen) atoms. The van der Waals surface area contributed by atoms with Crippen molar-refractivity contribution in [2.45, 2.75) is 38.5 Å². The van der Waals surface area contributed by atoms with Crippen LogP contribution in [0.4, 0.5) is 5.69 Å². The van der Waals surface area contributed by atoms with E-state index in [1.165, 1.54) is 5.56 Å². The van der Waals surface area contributed by atoms with E-state index in [2.05, 4.69) is 24.8 Å². The lowest BCUT2D eigenvalue weighted by molar-refractivity contribution is -0.117. The van der Waals surface area contributed by atoms with Gasteiger partial charge in [-0.1, -0.05) is 12.1 Å². The molecule has 1 heterocycles. The smallest absolute Gasteiger partial charge is 0.231 e. The highest BCUT2D eigenvalue weighted by Gasteiger charge is 2.29. The highest BCUT2D eigenvalue weighted by Crippen LogP contribution is 2.33. The molecule has 0 radical (unpaired) electrons. The Kier molecular flexibility index (Phi) is 2.98. The van der Waals surface area contributed by atoms with E-state index < -0.39 is 0 Å². The number of thiol groups is 1. The third-order valence-electron chi connectivity index (χ3n) is 2.97. The van der Waals surface area contributed by atoms with E-state index in [1.54, 1.807) is 0 Å². The van der Waals surface area contributed by atoms with Crippen LogP contribution in [0.25, 0.3) is 0 Å². The van der Waals surface area contributed by atoms with Crippen LogP contribution in [0, 0.1) is 0 Å². The molecule has 1 amide bonds. The molecule has 1 aromatic carbocycles. The molecule has 0 saturated heterocycles. The molecule has 1 unspecified atom stereocenters. The van der Waals surface area contributed by atoms with Crippen LogP contribution < -0.4 is 4.90 Å². The second kappa shape index (κ2) is 4.13. The number of hydrogen-bond donors (Lipinski definition) is 1. The van der Waals surface area contributed by atoms with Crippen LogP contribution in [-0.4, -0.2) is 11.9 Å². The van der Waals surface area contributed by atoms with Crippen LogP contribution in [0.15, 0.2) is 18.2 Å². The summed E-state index contributed by atoms with van der Waals surface area (Å²) < 4.78 is 0. The van der Waals surface area contributed by atoms with E-state index >= 15 is 0 Å². The third-order valence-corrected chi connectivity index (χ3v) is 3.27. The molecule has 0 N–H and O–H groups in total. The fraction of sp³-hybridized carbons (Fsp3) is 0.462. The number of benzene rings is 1. The van der Waals surface area contributed by atoms with E-state index in [9.17, 15) is 4.79 Å². The highest BCUT2D eigenvalue weighted by atomic mass is 32.1. The maximum atomic E-state index is 11.9. The van der Waals surface area contributed by atoms with Gasteiger partial charge in [0.1, 0.15) is 0 Å². The molecule has 0 saturated carbocycles. The average molecular weight is 235 g/mol. The molecule has 1 atom stereocenters. The second-order valence-electron chi connectivity index (χ2n) is 4.60. The first-order valence-electron chi connectivity index (χ1n) is 5.63. The largest absolute Gasteiger partial charge is 0.309 e. The Balaban J connectivity index is 2.42. The van der Waals surface area contributed by atoms with E-state index in [0.717, 1.165) is 11.3 Å². The third kappa shape index (κ3) is 1.84. The summed E-state index contributed by atoms with van der Waals surface area (Å²) in [5, 5.41) is 0.216. The van der Waals surface area contributed by atoms with Gasteiger partial charge in [-0.3, -0.25) is 4.79 Å². The fourth-order valence-electron chi connectivity index (χ4n) is 2.19. The fourth-order valence-corrected chi connectivity index (χ4v) is 2.35. The molecule has 0 spiro atoms. The zero-order valence-electron chi connectivity index (χ0n) is 9.90. The summed E-state index contributed by atoms with van der Waals surface area (Å²) in [4.78, 5) is 13.7. The van der Waals surface area contributed by atoms with Gasteiger partial charge in [-0.15, -0.1) is 0 Å². The van der Waals surface area contributed by atoms with E-state index in [-0.39, 0.29) is 17.2 Å². The first-order chi connectivity index (χ1) is 7.50. The summed E-state index contributed by atoms with van der Waals surface area (Å²) in [6.45, 7) is 6.13. The lowest BCUT2D eigenvalue weighted by Gasteiger charge is -2.22. The monoisotopic (exact) mass is 235 g/mol. The van der Waals surface area contributed by atoms with Gasteiger partial charge in [-0.2, -0.15) is 12.6 Å². The number of amides is 1. The van der Waals surface area contributed by atoms with Gasteiger partial charge in [-0.25, -0.2) is 0 Å². The van der Waals surface area contributed by atoms with Crippen LogP contribution in [0.5, 0.6) is 0 Å². The second-order valence-corrected chi connectivity index (χ2v) is 5.37. The number of anilines is 1. The maximum absolute atomic E-state index is 11.9. The molecule has 3 heteroatoms. The van der Waals surface area contributed by atoms with E-state index in [4.69, 9.17) is 0 Å². The zero-order chi connectivity index (χ0) is 11.9. The summed E-state index contributed by atoms with van der Waals surface area (Å²) in [5.41, 5.74) is 3.38. The van der Waals surface area contributed by atoms with Crippen molar-refractivity contribution in [1.82, 2.24) is 0 Å². The van der Waals surface area contributed by atoms with Crippen molar-refractivity contribution in [3.63, 3.8) is 0 Å². The van der Waals surface area contributed by atoms with Gasteiger partial charge in [0.2, 0.25) is 5.91 Å². The normalized spacial score (nSPS) is 16.8. The molecule has 2 nitrogen and oxygen atoms in total. The van der Waals surface area contributed by atoms with Crippen molar-refractivity contribution in [3.8, 4) is 0 Å². The minimum Gasteiger partial charge on any atom is -0.309 e. The summed E-state index contributed by atoms with van der Waals surface area (Å²) in [5.74, 6) is 0.203. The van der Waals surface area contributed by atoms with Crippen LogP contribution in [0.1, 0.15) is 37.1 Å². The number of nitrogens with zero attached hydrogens (tertiary/aromatic N) is 1. The Labute approximate surface area is 102 Å². The summed E-state index contributed by atoms with van der Waals surface area (Å²) in [6, 6.07) is 6.44. The standard InChI is InChI=1S/C13H17NOS/c1-8(2)14-12-5-4-10(9(3)16)6-11(12)7-13(14)15/h4-6,8-9,16H,7H2,1-3H3. The molecule has 1 aromatic rings. The SMILES string of the molecule is CC(S)c1ccc2c(c1)CC(=O)N2C(C)C. The van der Waals surface area contributed by atoms with Crippen LogP contribution in [-0.2, 0) is 11.2 Å². The number of hydrogen-bond acceptors (Lipinski definition) is 2. The van der Waals surface area contributed by atoms with Crippen molar-refractivity contribution in [2.75, 3.05) is 4.90 Å². The minimum absolute atomic E-state index is 0.203. The molecule has 86 valence electrons. The molecule has 2 rings (SSSR count). The van der Waals surface area contributed by atoms with Crippen LogP contribution in [0.3, 0.4) is 0 Å². The van der Waals surface area contributed by atoms with Gasteiger partial charge in [0.05, 0.1) is 6.42 Å². The maximum Gasteiger partial charge on any atom is 0.231 e. The molecular weight excluding hydrogens is 218 g/mol. The minimum atomic E-state index is 0.203. The van der Waals surface area contributed by atoms with Gasteiger partial charge in [-0.05, 0) is 38.0 Å². The van der Waals surface area contributed by atoms with E-state index in [1.807, 2.05) is 31.7 Å². The molecular formula is C13H17NOS. The number of carbonyl (C=O) groups excluding carboxylic acids is 1. The predicted molar refractivity (Wildman–Crippen MR) is 70.2 cm³/mol. The summed E-state index contributed by atoms with van der Waals surface area (Å²) in [6.07, 6.45) is 0.530. The molecule has 0 aromatic heterocycles. The van der Waals surface area contributed by atoms with Crippen LogP contribution >= 0.6 is 12.6 Å². The Morgan fingerprint density at radius 3 is 2.56 bits per heavy atom. The summed E-state index contributed by atoms with van der Waals surface area (Å²) in [7, 11) is 0. The average Bonchev–Trinajstić information content (AvgIpc) is 2.51. The van der Waals surface area contributed by atoms with Crippen molar-refractivity contribution < 1.29 is 4.79 Å². The molecule has 1 aliphatic heterocycles. The van der Waals surface area contributed by atoms with Crippen molar-refractivity contribution in [2.24, 2.45) is 0 Å². The van der Waals surface area contributed by atoms with Gasteiger partial charge in [0, 0.05) is 17.0 Å². The Bertz CT molecular complexity index is 426. The topological polar surface area (TPSA) is 20.3 Å². The Morgan fingerprint density at radius 2 is 2.00 bits per heavy atom. The van der Waals surface area contributed by atoms with Crippen molar-refractivity contribution >= 4 is 24.2 Å². The van der Waals surface area contributed by atoms with Crippen molar-refractivity contribution in [1.29, 1.82) is 0 Å².